The van der Waals surface area contributed by atoms with E-state index in [2.05, 4.69) is 5.32 Å². The number of hydrogen-bond donors (Lipinski definition) is 3. The average molecular weight is 299 g/mol. The third-order valence-corrected chi connectivity index (χ3v) is 3.65. The highest BCUT2D eigenvalue weighted by Crippen LogP contribution is 2.18. The van der Waals surface area contributed by atoms with Crippen LogP contribution in [0.2, 0.25) is 0 Å². The van der Waals surface area contributed by atoms with Crippen LogP contribution in [-0.2, 0) is 14.8 Å². The number of primary amides is 1. The molecule has 110 valence electrons. The highest BCUT2D eigenvalue weighted by atomic mass is 32.2. The summed E-state index contributed by atoms with van der Waals surface area (Å²) in [7, 11) is -3.99. The lowest BCUT2D eigenvalue weighted by Crippen LogP contribution is -2.38. The van der Waals surface area contributed by atoms with Gasteiger partial charge in [-0.2, -0.15) is 0 Å². The van der Waals surface area contributed by atoms with Gasteiger partial charge in [0, 0.05) is 11.1 Å². The molecule has 20 heavy (non-hydrogen) atoms. The standard InChI is InChI=1S/C12H17N3O4S/c1-12(2,3)10(16)15-20(18,19)9-6-4-5-8(7-9)14-11(13)17/h4-7H,1-3H3,(H,15,16)(H3,13,14,17). The number of carbonyl (C=O) groups excluding carboxylic acids is 2. The number of nitrogens with one attached hydrogen (secondary N) is 2. The van der Waals surface area contributed by atoms with Gasteiger partial charge in [0.25, 0.3) is 10.0 Å². The molecule has 1 aromatic rings. The fraction of sp³-hybridized carbons (Fsp3) is 0.333. The normalized spacial score (nSPS) is 11.8. The van der Waals surface area contributed by atoms with Crippen LogP contribution in [-0.4, -0.2) is 20.4 Å². The summed E-state index contributed by atoms with van der Waals surface area (Å²) >= 11 is 0. The summed E-state index contributed by atoms with van der Waals surface area (Å²) in [4.78, 5) is 22.3. The van der Waals surface area contributed by atoms with E-state index in [-0.39, 0.29) is 10.6 Å². The van der Waals surface area contributed by atoms with Crippen molar-refractivity contribution in [1.29, 1.82) is 0 Å². The number of sulfonamides is 1. The molecule has 0 heterocycles. The number of hydrogen-bond acceptors (Lipinski definition) is 4. The highest BCUT2D eigenvalue weighted by Gasteiger charge is 2.27. The van der Waals surface area contributed by atoms with Gasteiger partial charge in [0.05, 0.1) is 4.90 Å². The smallest absolute Gasteiger partial charge is 0.316 e. The second-order valence-electron chi connectivity index (χ2n) is 5.20. The monoisotopic (exact) mass is 299 g/mol. The summed E-state index contributed by atoms with van der Waals surface area (Å²) in [5.74, 6) is -0.620. The van der Waals surface area contributed by atoms with Crippen molar-refractivity contribution in [1.82, 2.24) is 4.72 Å². The van der Waals surface area contributed by atoms with Crippen molar-refractivity contribution in [3.63, 3.8) is 0 Å². The van der Waals surface area contributed by atoms with Gasteiger partial charge in [0.15, 0.2) is 0 Å². The zero-order valence-corrected chi connectivity index (χ0v) is 12.2. The third kappa shape index (κ3) is 4.23. The molecule has 0 bridgehead atoms. The zero-order valence-electron chi connectivity index (χ0n) is 11.4. The Hall–Kier alpha value is -2.09. The van der Waals surface area contributed by atoms with Gasteiger partial charge in [-0.25, -0.2) is 17.9 Å². The molecule has 8 heteroatoms. The largest absolute Gasteiger partial charge is 0.351 e. The topological polar surface area (TPSA) is 118 Å². The molecule has 1 rings (SSSR count). The first-order valence-electron chi connectivity index (χ1n) is 5.76. The molecule has 0 saturated carbocycles. The van der Waals surface area contributed by atoms with Crippen molar-refractivity contribution in [2.45, 2.75) is 25.7 Å². The Morgan fingerprint density at radius 3 is 2.30 bits per heavy atom. The maximum absolute atomic E-state index is 12.1. The van der Waals surface area contributed by atoms with Crippen LogP contribution in [0.15, 0.2) is 29.2 Å². The number of urea groups is 1. The molecule has 0 atom stereocenters. The van der Waals surface area contributed by atoms with Crippen LogP contribution in [0, 0.1) is 5.41 Å². The fourth-order valence-electron chi connectivity index (χ4n) is 1.22. The molecule has 0 saturated heterocycles. The molecule has 0 radical (unpaired) electrons. The highest BCUT2D eigenvalue weighted by molar-refractivity contribution is 7.90. The van der Waals surface area contributed by atoms with Crippen LogP contribution < -0.4 is 15.8 Å². The summed E-state index contributed by atoms with van der Waals surface area (Å²) in [6, 6.07) is 4.63. The van der Waals surface area contributed by atoms with Crippen LogP contribution in [0.4, 0.5) is 10.5 Å². The number of nitrogens with two attached hydrogens (primary N) is 1. The lowest BCUT2D eigenvalue weighted by molar-refractivity contribution is -0.126. The lowest BCUT2D eigenvalue weighted by Gasteiger charge is -2.17. The van der Waals surface area contributed by atoms with Gasteiger partial charge in [-0.1, -0.05) is 26.8 Å². The van der Waals surface area contributed by atoms with Gasteiger partial charge >= 0.3 is 6.03 Å². The molecule has 1 aromatic carbocycles. The van der Waals surface area contributed by atoms with Crippen LogP contribution in [0.3, 0.4) is 0 Å². The number of carbonyl (C=O) groups is 2. The molecule has 7 nitrogen and oxygen atoms in total. The van der Waals surface area contributed by atoms with E-state index in [0.29, 0.717) is 0 Å². The van der Waals surface area contributed by atoms with E-state index in [4.69, 9.17) is 5.73 Å². The van der Waals surface area contributed by atoms with Gasteiger partial charge in [0.2, 0.25) is 5.91 Å². The lowest BCUT2D eigenvalue weighted by atomic mass is 9.96. The van der Waals surface area contributed by atoms with E-state index in [0.717, 1.165) is 0 Å². The Morgan fingerprint density at radius 2 is 1.80 bits per heavy atom. The van der Waals surface area contributed by atoms with Gasteiger partial charge in [-0.15, -0.1) is 0 Å². The molecule has 4 N–H and O–H groups in total. The van der Waals surface area contributed by atoms with Gasteiger partial charge in [-0.05, 0) is 18.2 Å². The first-order valence-corrected chi connectivity index (χ1v) is 7.24. The third-order valence-electron chi connectivity index (χ3n) is 2.32. The summed E-state index contributed by atoms with van der Waals surface area (Å²) in [6.45, 7) is 4.80. The van der Waals surface area contributed by atoms with E-state index in [1.54, 1.807) is 20.8 Å². The van der Waals surface area contributed by atoms with Crippen molar-refractivity contribution in [3.05, 3.63) is 24.3 Å². The number of rotatable bonds is 3. The molecule has 3 amide bonds. The van der Waals surface area contributed by atoms with E-state index < -0.39 is 27.4 Å². The Bertz CT molecular complexity index is 632. The van der Waals surface area contributed by atoms with E-state index in [1.165, 1.54) is 24.3 Å². The minimum absolute atomic E-state index is 0.138. The molecular weight excluding hydrogens is 282 g/mol. The molecule has 0 fully saturated rings. The minimum Gasteiger partial charge on any atom is -0.351 e. The Kier molecular flexibility index (Phi) is 4.39. The van der Waals surface area contributed by atoms with Gasteiger partial charge in [0.1, 0.15) is 0 Å². The van der Waals surface area contributed by atoms with E-state index >= 15 is 0 Å². The molecule has 0 aliphatic carbocycles. The van der Waals surface area contributed by atoms with Crippen molar-refractivity contribution >= 4 is 27.6 Å². The van der Waals surface area contributed by atoms with Gasteiger partial charge in [-0.3, -0.25) is 4.79 Å². The fourth-order valence-corrected chi connectivity index (χ4v) is 2.43. The van der Waals surface area contributed by atoms with Crippen LogP contribution in [0.25, 0.3) is 0 Å². The number of amides is 3. The molecule has 0 aliphatic rings. The minimum atomic E-state index is -3.99. The van der Waals surface area contributed by atoms with E-state index in [9.17, 15) is 18.0 Å². The average Bonchev–Trinajstić information content (AvgIpc) is 2.26. The number of benzene rings is 1. The first-order chi connectivity index (χ1) is 9.02. The number of anilines is 1. The van der Waals surface area contributed by atoms with Crippen molar-refractivity contribution in [3.8, 4) is 0 Å². The van der Waals surface area contributed by atoms with Crippen molar-refractivity contribution in [2.75, 3.05) is 5.32 Å². The zero-order chi connectivity index (χ0) is 15.6. The summed E-state index contributed by atoms with van der Waals surface area (Å²) in [6.07, 6.45) is 0. The molecular formula is C12H17N3O4S. The van der Waals surface area contributed by atoms with Crippen molar-refractivity contribution in [2.24, 2.45) is 11.1 Å². The van der Waals surface area contributed by atoms with Crippen LogP contribution >= 0.6 is 0 Å². The second kappa shape index (κ2) is 5.49. The van der Waals surface area contributed by atoms with E-state index in [1.807, 2.05) is 4.72 Å². The Morgan fingerprint density at radius 1 is 1.20 bits per heavy atom. The summed E-state index contributed by atoms with van der Waals surface area (Å²) in [5.41, 5.74) is 4.34. The van der Waals surface area contributed by atoms with Crippen molar-refractivity contribution < 1.29 is 18.0 Å². The quantitative estimate of drug-likeness (QED) is 0.772. The van der Waals surface area contributed by atoms with Crippen LogP contribution in [0.5, 0.6) is 0 Å². The maximum Gasteiger partial charge on any atom is 0.316 e. The summed E-state index contributed by atoms with van der Waals surface area (Å²) in [5, 5.41) is 2.26. The molecule has 0 unspecified atom stereocenters. The maximum atomic E-state index is 12.1. The summed E-state index contributed by atoms with van der Waals surface area (Å²) < 4.78 is 26.1. The predicted molar refractivity (Wildman–Crippen MR) is 74.4 cm³/mol. The SMILES string of the molecule is CC(C)(C)C(=O)NS(=O)(=O)c1cccc(NC(N)=O)c1. The molecule has 0 spiro atoms. The first kappa shape index (κ1) is 16.0. The molecule has 0 aliphatic heterocycles. The predicted octanol–water partition coefficient (Wildman–Crippen LogP) is 1.03. The van der Waals surface area contributed by atoms with Gasteiger partial charge < -0.3 is 11.1 Å². The van der Waals surface area contributed by atoms with Crippen LogP contribution in [0.1, 0.15) is 20.8 Å². The Balaban J connectivity index is 3.04. The molecule has 0 aromatic heterocycles. The Labute approximate surface area is 117 Å². The second-order valence-corrected chi connectivity index (χ2v) is 6.88.